The number of fused-ring (bicyclic) bond motifs is 1. The first-order valence-electron chi connectivity index (χ1n) is 8.80. The molecule has 27 heavy (non-hydrogen) atoms. The number of nitrogens with one attached hydrogen (secondary N) is 2. The van der Waals surface area contributed by atoms with Crippen LogP contribution in [-0.4, -0.2) is 29.7 Å². The summed E-state index contributed by atoms with van der Waals surface area (Å²) in [6.45, 7) is -0.268. The van der Waals surface area contributed by atoms with Gasteiger partial charge in [0, 0.05) is 34.1 Å². The molecule has 1 amide bonds. The normalized spacial score (nSPS) is 10.7. The van der Waals surface area contributed by atoms with Crippen LogP contribution in [0.4, 0.5) is 5.69 Å². The number of esters is 1. The highest BCUT2D eigenvalue weighted by molar-refractivity contribution is 7.98. The molecule has 0 spiro atoms. The Morgan fingerprint density at radius 1 is 1.15 bits per heavy atom. The quantitative estimate of drug-likeness (QED) is 0.448. The summed E-state index contributed by atoms with van der Waals surface area (Å²) >= 11 is 1.60. The number of ether oxygens (including phenoxy) is 1. The van der Waals surface area contributed by atoms with Crippen molar-refractivity contribution in [2.75, 3.05) is 18.2 Å². The number of hydrogen-bond donors (Lipinski definition) is 2. The summed E-state index contributed by atoms with van der Waals surface area (Å²) in [6.07, 6.45) is 5.70. The molecule has 3 aromatic rings. The third-order valence-electron chi connectivity index (χ3n) is 4.22. The first-order valence-corrected chi connectivity index (χ1v) is 10.0. The van der Waals surface area contributed by atoms with Crippen molar-refractivity contribution in [3.05, 3.63) is 60.3 Å². The average molecular weight is 382 g/mol. The van der Waals surface area contributed by atoms with Gasteiger partial charge in [-0.3, -0.25) is 9.59 Å². The summed E-state index contributed by atoms with van der Waals surface area (Å²) in [4.78, 5) is 28.1. The number of carbonyl (C=O) groups excluding carboxylic acids is 2. The minimum absolute atomic E-state index is 0.268. The molecule has 0 saturated carbocycles. The number of rotatable bonds is 8. The first kappa shape index (κ1) is 19.0. The van der Waals surface area contributed by atoms with E-state index in [2.05, 4.69) is 16.4 Å². The van der Waals surface area contributed by atoms with Gasteiger partial charge in [0.05, 0.1) is 0 Å². The number of amides is 1. The van der Waals surface area contributed by atoms with Gasteiger partial charge in [0.1, 0.15) is 0 Å². The van der Waals surface area contributed by atoms with E-state index in [0.717, 1.165) is 16.8 Å². The van der Waals surface area contributed by atoms with Crippen LogP contribution in [0.1, 0.15) is 18.4 Å². The summed E-state index contributed by atoms with van der Waals surface area (Å²) in [5, 5.41) is 3.92. The second-order valence-corrected chi connectivity index (χ2v) is 7.03. The Labute approximate surface area is 162 Å². The minimum Gasteiger partial charge on any atom is -0.456 e. The van der Waals surface area contributed by atoms with Crippen molar-refractivity contribution in [1.29, 1.82) is 0 Å². The fraction of sp³-hybridized carbons (Fsp3) is 0.238. The Bertz CT molecular complexity index is 936. The molecule has 0 aliphatic carbocycles. The third kappa shape index (κ3) is 5.37. The Morgan fingerprint density at radius 3 is 2.85 bits per heavy atom. The number of anilines is 1. The van der Waals surface area contributed by atoms with Gasteiger partial charge in [0.25, 0.3) is 5.91 Å². The lowest BCUT2D eigenvalue weighted by molar-refractivity contribution is -0.147. The number of benzene rings is 2. The molecule has 2 aromatic carbocycles. The number of hydrogen-bond acceptors (Lipinski definition) is 4. The van der Waals surface area contributed by atoms with Crippen LogP contribution in [0.15, 0.2) is 59.6 Å². The zero-order chi connectivity index (χ0) is 19.1. The predicted octanol–water partition coefficient (Wildman–Crippen LogP) is 4.39. The molecule has 140 valence electrons. The minimum atomic E-state index is -0.358. The fourth-order valence-corrected chi connectivity index (χ4v) is 3.34. The number of aromatic amines is 1. The van der Waals surface area contributed by atoms with Crippen LogP contribution in [0, 0.1) is 0 Å². The van der Waals surface area contributed by atoms with Crippen LogP contribution in [0.2, 0.25) is 0 Å². The molecular weight excluding hydrogens is 360 g/mol. The Hall–Kier alpha value is -2.73. The Balaban J connectivity index is 1.39. The number of H-pyrrole nitrogens is 1. The van der Waals surface area contributed by atoms with Gasteiger partial charge in [-0.15, -0.1) is 11.8 Å². The summed E-state index contributed by atoms with van der Waals surface area (Å²) < 4.78 is 5.08. The highest BCUT2D eigenvalue weighted by Gasteiger charge is 2.09. The molecule has 6 heteroatoms. The van der Waals surface area contributed by atoms with Crippen molar-refractivity contribution in [2.24, 2.45) is 0 Å². The fourth-order valence-electron chi connectivity index (χ4n) is 2.88. The first-order chi connectivity index (χ1) is 13.2. The molecular formula is C21H22N2O3S. The van der Waals surface area contributed by atoms with E-state index in [4.69, 9.17) is 4.74 Å². The molecule has 0 radical (unpaired) electrons. The van der Waals surface area contributed by atoms with E-state index in [-0.39, 0.29) is 24.9 Å². The molecule has 0 saturated heterocycles. The van der Waals surface area contributed by atoms with Gasteiger partial charge in [0.2, 0.25) is 0 Å². The van der Waals surface area contributed by atoms with Crippen LogP contribution in [0.25, 0.3) is 10.9 Å². The molecule has 2 N–H and O–H groups in total. The number of para-hydroxylation sites is 1. The molecule has 0 unspecified atom stereocenters. The maximum atomic E-state index is 11.9. The monoisotopic (exact) mass is 382 g/mol. The van der Waals surface area contributed by atoms with Gasteiger partial charge in [-0.25, -0.2) is 0 Å². The van der Waals surface area contributed by atoms with E-state index in [1.54, 1.807) is 17.8 Å². The molecule has 0 aliphatic heterocycles. The maximum Gasteiger partial charge on any atom is 0.306 e. The molecule has 1 heterocycles. The zero-order valence-corrected chi connectivity index (χ0v) is 16.0. The largest absolute Gasteiger partial charge is 0.456 e. The molecule has 5 nitrogen and oxygen atoms in total. The molecule has 0 aliphatic rings. The van der Waals surface area contributed by atoms with Gasteiger partial charge in [-0.2, -0.15) is 0 Å². The number of thioether (sulfide) groups is 1. The lowest BCUT2D eigenvalue weighted by Crippen LogP contribution is -2.20. The Morgan fingerprint density at radius 2 is 2.00 bits per heavy atom. The van der Waals surface area contributed by atoms with E-state index in [1.807, 2.05) is 48.9 Å². The number of aromatic nitrogens is 1. The molecule has 1 aromatic heterocycles. The predicted molar refractivity (Wildman–Crippen MR) is 109 cm³/mol. The van der Waals surface area contributed by atoms with E-state index < -0.39 is 0 Å². The van der Waals surface area contributed by atoms with E-state index in [0.29, 0.717) is 12.1 Å². The van der Waals surface area contributed by atoms with Crippen LogP contribution in [0.5, 0.6) is 0 Å². The topological polar surface area (TPSA) is 71.2 Å². The second kappa shape index (κ2) is 9.28. The Kier molecular flexibility index (Phi) is 6.54. The van der Waals surface area contributed by atoms with E-state index in [1.165, 1.54) is 10.9 Å². The third-order valence-corrected chi connectivity index (χ3v) is 4.95. The van der Waals surface area contributed by atoms with Crippen molar-refractivity contribution in [3.63, 3.8) is 0 Å². The van der Waals surface area contributed by atoms with Gasteiger partial charge in [-0.05, 0) is 48.9 Å². The lowest BCUT2D eigenvalue weighted by atomic mass is 10.1. The molecule has 0 fully saturated rings. The van der Waals surface area contributed by atoms with Crippen LogP contribution >= 0.6 is 11.8 Å². The summed E-state index contributed by atoms with van der Waals surface area (Å²) in [5.74, 6) is -0.693. The van der Waals surface area contributed by atoms with Crippen molar-refractivity contribution < 1.29 is 14.3 Å². The smallest absolute Gasteiger partial charge is 0.306 e. The molecule has 0 bridgehead atoms. The highest BCUT2D eigenvalue weighted by atomic mass is 32.2. The summed E-state index contributed by atoms with van der Waals surface area (Å²) in [5.41, 5.74) is 2.98. The van der Waals surface area contributed by atoms with Crippen LogP contribution < -0.4 is 5.32 Å². The van der Waals surface area contributed by atoms with E-state index in [9.17, 15) is 9.59 Å². The van der Waals surface area contributed by atoms with Crippen molar-refractivity contribution in [3.8, 4) is 0 Å². The maximum absolute atomic E-state index is 11.9. The van der Waals surface area contributed by atoms with Crippen molar-refractivity contribution >= 4 is 40.2 Å². The second-order valence-electron chi connectivity index (χ2n) is 6.15. The summed E-state index contributed by atoms with van der Waals surface area (Å²) in [6, 6.07) is 15.6. The van der Waals surface area contributed by atoms with Crippen LogP contribution in [0.3, 0.4) is 0 Å². The highest BCUT2D eigenvalue weighted by Crippen LogP contribution is 2.20. The molecule has 3 rings (SSSR count). The van der Waals surface area contributed by atoms with Gasteiger partial charge in [0.15, 0.2) is 6.61 Å². The van der Waals surface area contributed by atoms with Crippen molar-refractivity contribution in [1.82, 2.24) is 4.98 Å². The number of aryl methyl sites for hydroxylation is 1. The van der Waals surface area contributed by atoms with Crippen LogP contribution in [-0.2, 0) is 20.7 Å². The average Bonchev–Trinajstić information content (AvgIpc) is 3.10. The van der Waals surface area contributed by atoms with Gasteiger partial charge < -0.3 is 15.0 Å². The van der Waals surface area contributed by atoms with E-state index >= 15 is 0 Å². The lowest BCUT2D eigenvalue weighted by Gasteiger charge is -2.07. The number of carbonyl (C=O) groups is 2. The SMILES string of the molecule is CSc1cccc(NC(=O)COC(=O)CCCc2c[nH]c3ccccc23)c1. The summed E-state index contributed by atoms with van der Waals surface area (Å²) in [7, 11) is 0. The van der Waals surface area contributed by atoms with Gasteiger partial charge >= 0.3 is 5.97 Å². The zero-order valence-electron chi connectivity index (χ0n) is 15.2. The standard InChI is InChI=1S/C21H22N2O3S/c1-27-17-8-5-7-16(12-17)23-20(24)14-26-21(25)11-4-6-15-13-22-19-10-3-2-9-18(15)19/h2-3,5,7-10,12-13,22H,4,6,11,14H2,1H3,(H,23,24). The van der Waals surface area contributed by atoms with Gasteiger partial charge in [-0.1, -0.05) is 24.3 Å². The van der Waals surface area contributed by atoms with Crippen molar-refractivity contribution in [2.45, 2.75) is 24.2 Å². The molecule has 0 atom stereocenters.